The van der Waals surface area contributed by atoms with Crippen molar-refractivity contribution in [1.82, 2.24) is 10.6 Å². The maximum Gasteiger partial charge on any atom is 0.406 e. The average molecular weight is 643 g/mol. The van der Waals surface area contributed by atoms with Crippen molar-refractivity contribution in [1.29, 1.82) is 0 Å². The summed E-state index contributed by atoms with van der Waals surface area (Å²) >= 11 is 0. The number of aliphatic hydroxyl groups excluding tert-OH is 1. The molecule has 2 aromatic rings. The van der Waals surface area contributed by atoms with Gasteiger partial charge in [-0.2, -0.15) is 0 Å². The molecule has 0 bridgehead atoms. The molecule has 3 rings (SSSR count). The molecule has 3 N–H and O–H groups in total. The average Bonchev–Trinajstić information content (AvgIpc) is 3.38. The Labute approximate surface area is 274 Å². The van der Waals surface area contributed by atoms with E-state index in [0.717, 1.165) is 66.5 Å². The van der Waals surface area contributed by atoms with Gasteiger partial charge in [-0.05, 0) is 61.3 Å². The third-order valence-electron chi connectivity index (χ3n) is 7.56. The second kappa shape index (κ2) is 23.1. The summed E-state index contributed by atoms with van der Waals surface area (Å²) in [6, 6.07) is 12.0. The Hall–Kier alpha value is -3.31. The maximum atomic E-state index is 13.1. The van der Waals surface area contributed by atoms with Crippen LogP contribution in [-0.4, -0.2) is 89.8 Å². The van der Waals surface area contributed by atoms with Crippen molar-refractivity contribution in [3.05, 3.63) is 58.7 Å². The first-order chi connectivity index (χ1) is 22.4. The van der Waals surface area contributed by atoms with E-state index in [1.807, 2.05) is 31.2 Å². The number of Topliss-reactive ketones (excluding diaryl/α,β-unsaturated/α-hetero) is 1. The second-order valence-electron chi connectivity index (χ2n) is 11.2. The smallest absolute Gasteiger partial charge is 0.406 e. The lowest BCUT2D eigenvalue weighted by Crippen LogP contribution is -2.27. The third-order valence-corrected chi connectivity index (χ3v) is 7.56. The summed E-state index contributed by atoms with van der Waals surface area (Å²) in [5, 5.41) is 14.1. The molecule has 2 aromatic carbocycles. The van der Waals surface area contributed by atoms with Crippen LogP contribution in [0.2, 0.25) is 0 Å². The number of nitrogens with one attached hydrogen (secondary N) is 2. The van der Waals surface area contributed by atoms with E-state index < -0.39 is 6.09 Å². The topological polar surface area (TPSA) is 132 Å². The fraction of sp³-hybridized carbons (Fsp3) is 0.583. The summed E-state index contributed by atoms with van der Waals surface area (Å²) < 4.78 is 21.1. The van der Waals surface area contributed by atoms with Crippen molar-refractivity contribution < 1.29 is 38.4 Å². The minimum atomic E-state index is -0.464. The Kier molecular flexibility index (Phi) is 19.5. The summed E-state index contributed by atoms with van der Waals surface area (Å²) in [6.07, 6.45) is 5.71. The van der Waals surface area contributed by atoms with Crippen molar-refractivity contribution in [2.45, 2.75) is 71.1 Å². The summed E-state index contributed by atoms with van der Waals surface area (Å²) in [5.74, 6) is 0.123. The van der Waals surface area contributed by atoms with E-state index in [0.29, 0.717) is 57.8 Å². The highest BCUT2D eigenvalue weighted by molar-refractivity contribution is 6.04. The molecule has 0 saturated carbocycles. The number of amides is 2. The lowest BCUT2D eigenvalue weighted by Gasteiger charge is -2.14. The van der Waals surface area contributed by atoms with E-state index in [4.69, 9.17) is 24.1 Å². The third kappa shape index (κ3) is 13.6. The van der Waals surface area contributed by atoms with Crippen molar-refractivity contribution in [2.24, 2.45) is 0 Å². The Balaban J connectivity index is 0.000000415. The number of ether oxygens (including phenoxy) is 4. The van der Waals surface area contributed by atoms with Crippen LogP contribution in [0.1, 0.15) is 91.3 Å². The second-order valence-corrected chi connectivity index (χ2v) is 11.2. The Bertz CT molecular complexity index is 1200. The first kappa shape index (κ1) is 38.9. The minimum Gasteiger partial charge on any atom is -0.449 e. The zero-order valence-corrected chi connectivity index (χ0v) is 28.2. The molecule has 1 aliphatic carbocycles. The van der Waals surface area contributed by atoms with Gasteiger partial charge >= 0.3 is 6.09 Å². The number of methoxy groups -OCH3 is 1. The number of unbranched alkanes of at least 4 members (excludes halogenated alkanes) is 2. The lowest BCUT2D eigenvalue weighted by molar-refractivity contribution is -0.121. The fourth-order valence-corrected chi connectivity index (χ4v) is 5.15. The summed E-state index contributed by atoms with van der Waals surface area (Å²) in [4.78, 5) is 35.9. The molecule has 46 heavy (non-hydrogen) atoms. The highest BCUT2D eigenvalue weighted by Gasteiger charge is 2.32. The predicted octanol–water partition coefficient (Wildman–Crippen LogP) is 5.56. The predicted molar refractivity (Wildman–Crippen MR) is 179 cm³/mol. The van der Waals surface area contributed by atoms with E-state index in [-0.39, 0.29) is 30.8 Å². The van der Waals surface area contributed by atoms with E-state index in [9.17, 15) is 14.4 Å². The molecule has 0 aliphatic heterocycles. The van der Waals surface area contributed by atoms with E-state index in [1.165, 1.54) is 7.05 Å². The van der Waals surface area contributed by atoms with E-state index in [1.54, 1.807) is 7.11 Å². The van der Waals surface area contributed by atoms with Gasteiger partial charge in [-0.25, -0.2) is 4.79 Å². The van der Waals surface area contributed by atoms with Crippen LogP contribution < -0.4 is 10.6 Å². The van der Waals surface area contributed by atoms with Gasteiger partial charge in [-0.15, -0.1) is 0 Å². The van der Waals surface area contributed by atoms with Crippen molar-refractivity contribution in [2.75, 3.05) is 67.0 Å². The molecule has 0 heterocycles. The number of hydrogen-bond acceptors (Lipinski definition) is 8. The molecule has 10 heteroatoms. The molecular weight excluding hydrogens is 588 g/mol. The highest BCUT2D eigenvalue weighted by Crippen LogP contribution is 2.47. The van der Waals surface area contributed by atoms with Crippen LogP contribution in [0, 0.1) is 6.92 Å². The zero-order chi connectivity index (χ0) is 33.6. The van der Waals surface area contributed by atoms with E-state index in [2.05, 4.69) is 29.7 Å². The number of fused-ring (bicyclic) bond motifs is 3. The molecule has 1 aliphatic rings. The molecule has 1 atom stereocenters. The number of alkyl carbamates (subject to hydrolysis) is 1. The van der Waals surface area contributed by atoms with Crippen LogP contribution in [0.25, 0.3) is 11.1 Å². The molecule has 0 saturated heterocycles. The SMILES string of the molecule is CCCCC(=O)NCCOCCCOC.CNC(=O)OCC1c2cc(C)ccc2-c2c(C(=O)CCCOCCCCO)cccc21. The number of aryl methyl sites for hydroxylation is 1. The van der Waals surface area contributed by atoms with Gasteiger partial charge in [0.15, 0.2) is 5.78 Å². The number of aliphatic hydroxyl groups is 1. The Morgan fingerprint density at radius 2 is 1.63 bits per heavy atom. The Morgan fingerprint density at radius 1 is 0.870 bits per heavy atom. The van der Waals surface area contributed by atoms with Gasteiger partial charge in [0, 0.05) is 78.1 Å². The molecule has 0 fully saturated rings. The number of hydrogen-bond donors (Lipinski definition) is 3. The number of carbonyl (C=O) groups excluding carboxylic acids is 3. The molecule has 0 aromatic heterocycles. The molecule has 0 spiro atoms. The molecule has 256 valence electrons. The van der Waals surface area contributed by atoms with Crippen LogP contribution >= 0.6 is 0 Å². The largest absolute Gasteiger partial charge is 0.449 e. The van der Waals surface area contributed by atoms with Crippen molar-refractivity contribution in [3.8, 4) is 11.1 Å². The zero-order valence-electron chi connectivity index (χ0n) is 28.2. The standard InChI is InChI=1S/C25H31NO5.C11H23NO3/c1-17-10-11-19-21(15-17)22(16-31-25(29)26-2)18-7-5-8-20(24(18)19)23(28)9-6-14-30-13-4-3-12-27;1-3-4-6-11(13)12-7-10-15-9-5-8-14-2/h5,7-8,10-11,15,22,27H,3-4,6,9,12-14,16H2,1-2H3,(H,26,29);3-10H2,1-2H3,(H,12,13). The highest BCUT2D eigenvalue weighted by atomic mass is 16.5. The molecule has 1 unspecified atom stereocenters. The number of rotatable bonds is 21. The number of ketones is 1. The van der Waals surface area contributed by atoms with Gasteiger partial charge in [0.1, 0.15) is 6.61 Å². The lowest BCUT2D eigenvalue weighted by atomic mass is 9.93. The minimum absolute atomic E-state index is 0.0928. The summed E-state index contributed by atoms with van der Waals surface area (Å²) in [5.41, 5.74) is 5.95. The summed E-state index contributed by atoms with van der Waals surface area (Å²) in [6.45, 7) is 8.26. The number of carbonyl (C=O) groups is 3. The van der Waals surface area contributed by atoms with Gasteiger partial charge in [-0.3, -0.25) is 9.59 Å². The molecule has 10 nitrogen and oxygen atoms in total. The maximum absolute atomic E-state index is 13.1. The normalized spacial score (nSPS) is 12.8. The van der Waals surface area contributed by atoms with Gasteiger partial charge in [0.05, 0.1) is 6.61 Å². The first-order valence-electron chi connectivity index (χ1n) is 16.5. The van der Waals surface area contributed by atoms with Gasteiger partial charge in [0.25, 0.3) is 0 Å². The van der Waals surface area contributed by atoms with Gasteiger partial charge in [-0.1, -0.05) is 55.3 Å². The Morgan fingerprint density at radius 3 is 2.37 bits per heavy atom. The van der Waals surface area contributed by atoms with Crippen LogP contribution in [0.4, 0.5) is 4.79 Å². The number of benzene rings is 2. The van der Waals surface area contributed by atoms with Crippen molar-refractivity contribution >= 4 is 17.8 Å². The molecular formula is C36H54N2O8. The quantitative estimate of drug-likeness (QED) is 0.119. The van der Waals surface area contributed by atoms with Crippen LogP contribution in [-0.2, 0) is 23.7 Å². The van der Waals surface area contributed by atoms with Crippen molar-refractivity contribution in [3.63, 3.8) is 0 Å². The van der Waals surface area contributed by atoms with Gasteiger partial charge in [0.2, 0.25) is 5.91 Å². The van der Waals surface area contributed by atoms with Gasteiger partial charge < -0.3 is 34.7 Å². The molecule has 0 radical (unpaired) electrons. The fourth-order valence-electron chi connectivity index (χ4n) is 5.15. The monoisotopic (exact) mass is 642 g/mol. The van der Waals surface area contributed by atoms with Crippen LogP contribution in [0.5, 0.6) is 0 Å². The first-order valence-corrected chi connectivity index (χ1v) is 16.5. The molecule has 2 amide bonds. The van der Waals surface area contributed by atoms with Crippen LogP contribution in [0.3, 0.4) is 0 Å². The van der Waals surface area contributed by atoms with Crippen LogP contribution in [0.15, 0.2) is 36.4 Å². The van der Waals surface area contributed by atoms with E-state index >= 15 is 0 Å². The summed E-state index contributed by atoms with van der Waals surface area (Å²) in [7, 11) is 3.21.